The normalized spacial score (nSPS) is 20.4. The molecule has 1 aliphatic rings. The van der Waals surface area contributed by atoms with Crippen molar-refractivity contribution in [2.75, 3.05) is 19.0 Å². The van der Waals surface area contributed by atoms with Crippen molar-refractivity contribution < 1.29 is 14.3 Å². The number of anilines is 1. The monoisotopic (exact) mass is 399 g/mol. The number of rotatable bonds is 6. The first-order valence-electron chi connectivity index (χ1n) is 7.08. The second-order valence-corrected chi connectivity index (χ2v) is 7.11. The van der Waals surface area contributed by atoms with Crippen molar-refractivity contribution in [1.29, 1.82) is 0 Å². The van der Waals surface area contributed by atoms with Gasteiger partial charge in [-0.3, -0.25) is 14.6 Å². The van der Waals surface area contributed by atoms with Gasteiger partial charge in [-0.05, 0) is 35.0 Å². The number of hydrogen-bond donors (Lipinski definition) is 2. The maximum absolute atomic E-state index is 12.1. The van der Waals surface area contributed by atoms with E-state index in [-0.39, 0.29) is 24.3 Å². The van der Waals surface area contributed by atoms with Crippen LogP contribution in [0.3, 0.4) is 0 Å². The Labute approximate surface area is 147 Å². The highest BCUT2D eigenvalue weighted by molar-refractivity contribution is 9.10. The number of benzene rings is 1. The van der Waals surface area contributed by atoms with E-state index in [1.54, 1.807) is 13.2 Å². The van der Waals surface area contributed by atoms with Gasteiger partial charge in [0.1, 0.15) is 5.25 Å². The van der Waals surface area contributed by atoms with Gasteiger partial charge in [0, 0.05) is 18.0 Å². The van der Waals surface area contributed by atoms with Crippen LogP contribution >= 0.6 is 27.7 Å². The number of carbonyl (C=O) groups is 2. The van der Waals surface area contributed by atoms with E-state index in [0.717, 1.165) is 4.47 Å². The second-order valence-electron chi connectivity index (χ2n) is 5.07. The van der Waals surface area contributed by atoms with Crippen molar-refractivity contribution in [3.8, 4) is 0 Å². The molecule has 0 aliphatic carbocycles. The van der Waals surface area contributed by atoms with Gasteiger partial charge >= 0.3 is 0 Å². The highest BCUT2D eigenvalue weighted by Gasteiger charge is 2.32. The zero-order valence-electron chi connectivity index (χ0n) is 12.8. The molecule has 6 nitrogen and oxygen atoms in total. The van der Waals surface area contributed by atoms with Crippen molar-refractivity contribution in [1.82, 2.24) is 5.32 Å². The summed E-state index contributed by atoms with van der Waals surface area (Å²) < 4.78 is 5.81. The summed E-state index contributed by atoms with van der Waals surface area (Å²) in [5.41, 5.74) is 0.684. The van der Waals surface area contributed by atoms with E-state index in [9.17, 15) is 9.59 Å². The molecule has 2 atom stereocenters. The fourth-order valence-electron chi connectivity index (χ4n) is 2.01. The van der Waals surface area contributed by atoms with Gasteiger partial charge < -0.3 is 15.4 Å². The van der Waals surface area contributed by atoms with Crippen LogP contribution in [0.5, 0.6) is 0 Å². The lowest BCUT2D eigenvalue weighted by atomic mass is 10.2. The summed E-state index contributed by atoms with van der Waals surface area (Å²) in [5, 5.41) is 5.57. The summed E-state index contributed by atoms with van der Waals surface area (Å²) in [6.07, 6.45) is 0.0928. The summed E-state index contributed by atoms with van der Waals surface area (Å²) >= 11 is 4.65. The number of ether oxygens (including phenoxy) is 1. The first-order valence-corrected chi connectivity index (χ1v) is 8.75. The Morgan fingerprint density at radius 1 is 1.52 bits per heavy atom. The smallest absolute Gasteiger partial charge is 0.240 e. The van der Waals surface area contributed by atoms with E-state index >= 15 is 0 Å². The number of amides is 2. The van der Waals surface area contributed by atoms with Crippen molar-refractivity contribution in [3.63, 3.8) is 0 Å². The number of thioether (sulfide) groups is 1. The summed E-state index contributed by atoms with van der Waals surface area (Å²) in [4.78, 5) is 28.4. The quantitative estimate of drug-likeness (QED) is 0.769. The highest BCUT2D eigenvalue weighted by Crippen LogP contribution is 2.25. The van der Waals surface area contributed by atoms with Crippen LogP contribution < -0.4 is 10.6 Å². The molecule has 1 saturated heterocycles. The summed E-state index contributed by atoms with van der Waals surface area (Å²) in [6.45, 7) is 2.38. The highest BCUT2D eigenvalue weighted by atomic mass is 79.9. The number of nitrogens with zero attached hydrogens (tertiary/aromatic N) is 1. The molecule has 1 aromatic rings. The van der Waals surface area contributed by atoms with Gasteiger partial charge in [-0.15, -0.1) is 0 Å². The molecule has 1 aliphatic heterocycles. The molecule has 1 heterocycles. The van der Waals surface area contributed by atoms with Crippen LogP contribution in [0.2, 0.25) is 0 Å². The lowest BCUT2D eigenvalue weighted by molar-refractivity contribution is -0.122. The minimum absolute atomic E-state index is 0.0457. The van der Waals surface area contributed by atoms with Crippen LogP contribution in [-0.2, 0) is 14.3 Å². The Morgan fingerprint density at radius 2 is 2.26 bits per heavy atom. The van der Waals surface area contributed by atoms with Crippen LogP contribution in [0.15, 0.2) is 33.7 Å². The molecule has 2 N–H and O–H groups in total. The van der Waals surface area contributed by atoms with E-state index in [4.69, 9.17) is 4.74 Å². The Balaban J connectivity index is 1.91. The average Bonchev–Trinajstić information content (AvgIpc) is 2.81. The number of para-hydroxylation sites is 1. The van der Waals surface area contributed by atoms with Crippen LogP contribution in [0.25, 0.3) is 0 Å². The third kappa shape index (κ3) is 5.33. The zero-order chi connectivity index (χ0) is 16.8. The Morgan fingerprint density at radius 3 is 2.96 bits per heavy atom. The van der Waals surface area contributed by atoms with E-state index in [2.05, 4.69) is 31.6 Å². The topological polar surface area (TPSA) is 79.8 Å². The van der Waals surface area contributed by atoms with Gasteiger partial charge in [0.25, 0.3) is 0 Å². The number of hydrogen-bond acceptors (Lipinski definition) is 5. The molecular formula is C15H18BrN3O3S. The summed E-state index contributed by atoms with van der Waals surface area (Å²) in [5.74, 6) is -0.406. The molecule has 8 heteroatoms. The molecule has 2 unspecified atom stereocenters. The molecule has 0 radical (unpaired) electrons. The maximum Gasteiger partial charge on any atom is 0.240 e. The van der Waals surface area contributed by atoms with E-state index < -0.39 is 5.25 Å². The molecule has 124 valence electrons. The van der Waals surface area contributed by atoms with E-state index in [0.29, 0.717) is 17.5 Å². The molecule has 0 bridgehead atoms. The third-order valence-electron chi connectivity index (χ3n) is 3.04. The minimum Gasteiger partial charge on any atom is -0.382 e. The number of methoxy groups -OCH3 is 1. The molecule has 2 rings (SSSR count). The standard InChI is InChI=1S/C15H18BrN3O3S/c1-9(8-22-2)17-15-19-14(21)12(23-15)7-13(20)18-11-6-4-3-5-10(11)16/h3-6,9,12H,7-8H2,1-2H3,(H,18,20)(H,17,19,21). The lowest BCUT2D eigenvalue weighted by Crippen LogP contribution is -2.28. The van der Waals surface area contributed by atoms with Crippen molar-refractivity contribution >= 4 is 50.4 Å². The van der Waals surface area contributed by atoms with E-state index in [1.165, 1.54) is 11.8 Å². The second kappa shape index (κ2) is 8.47. The van der Waals surface area contributed by atoms with Crippen LogP contribution in [0, 0.1) is 0 Å². The van der Waals surface area contributed by atoms with Gasteiger partial charge in [-0.25, -0.2) is 0 Å². The Kier molecular flexibility index (Phi) is 6.61. The molecule has 0 aromatic heterocycles. The number of aliphatic imine (C=N–C) groups is 1. The SMILES string of the molecule is COCC(C)N=C1NC(=O)C(CC(=O)Nc2ccccc2Br)S1. The predicted molar refractivity (Wildman–Crippen MR) is 95.7 cm³/mol. The molecule has 0 spiro atoms. The Hall–Kier alpha value is -1.38. The van der Waals surface area contributed by atoms with Crippen LogP contribution in [0.4, 0.5) is 5.69 Å². The zero-order valence-corrected chi connectivity index (χ0v) is 15.2. The predicted octanol–water partition coefficient (Wildman–Crippen LogP) is 2.40. The largest absolute Gasteiger partial charge is 0.382 e. The van der Waals surface area contributed by atoms with Crippen molar-refractivity contribution in [2.45, 2.75) is 24.6 Å². The van der Waals surface area contributed by atoms with Crippen molar-refractivity contribution in [3.05, 3.63) is 28.7 Å². The fraction of sp³-hybridized carbons (Fsp3) is 0.400. The summed E-state index contributed by atoms with van der Waals surface area (Å²) in [6, 6.07) is 7.29. The molecule has 1 aromatic carbocycles. The fourth-order valence-corrected chi connectivity index (χ4v) is 3.47. The first kappa shape index (κ1) is 18.0. The maximum atomic E-state index is 12.1. The van der Waals surface area contributed by atoms with Crippen molar-refractivity contribution in [2.24, 2.45) is 4.99 Å². The Bertz CT molecular complexity index is 624. The van der Waals surface area contributed by atoms with Crippen LogP contribution in [0.1, 0.15) is 13.3 Å². The molecule has 0 saturated carbocycles. The summed E-state index contributed by atoms with van der Waals surface area (Å²) in [7, 11) is 1.60. The number of halogens is 1. The van der Waals surface area contributed by atoms with Gasteiger partial charge in [-0.1, -0.05) is 23.9 Å². The van der Waals surface area contributed by atoms with Gasteiger partial charge in [0.2, 0.25) is 11.8 Å². The minimum atomic E-state index is -0.467. The lowest BCUT2D eigenvalue weighted by Gasteiger charge is -2.09. The molecule has 23 heavy (non-hydrogen) atoms. The third-order valence-corrected chi connectivity index (χ3v) is 4.83. The van der Waals surface area contributed by atoms with E-state index in [1.807, 2.05) is 25.1 Å². The van der Waals surface area contributed by atoms with Crippen LogP contribution in [-0.4, -0.2) is 42.0 Å². The number of nitrogens with one attached hydrogen (secondary N) is 2. The number of carbonyl (C=O) groups excluding carboxylic acids is 2. The number of amidine groups is 1. The average molecular weight is 400 g/mol. The molecule has 1 fully saturated rings. The van der Waals surface area contributed by atoms with Gasteiger partial charge in [0.05, 0.1) is 18.3 Å². The molecule has 2 amide bonds. The van der Waals surface area contributed by atoms with Gasteiger partial charge in [-0.2, -0.15) is 0 Å². The van der Waals surface area contributed by atoms with Gasteiger partial charge in [0.15, 0.2) is 5.17 Å². The molecular weight excluding hydrogens is 382 g/mol. The first-order chi connectivity index (χ1) is 11.0.